The van der Waals surface area contributed by atoms with Crippen molar-refractivity contribution in [2.24, 2.45) is 5.92 Å². The van der Waals surface area contributed by atoms with E-state index in [1.165, 1.54) is 24.3 Å². The standard InChI is InChI=1S/C26H20F4N2O/c27-19-11-7-15(8-12-19)17-13-22-24(23(33)14-17)25(32-21-4-2-1-3-20(21)31-22)16-5-9-18(10-6-16)26(28,29)30/h1-13,17,24-25,31-32H,14H2/t17-,24+,25+/m1/s1. The van der Waals surface area contributed by atoms with Gasteiger partial charge >= 0.3 is 6.18 Å². The maximum Gasteiger partial charge on any atom is 0.416 e. The lowest BCUT2D eigenvalue weighted by molar-refractivity contribution is -0.137. The quantitative estimate of drug-likeness (QED) is 0.426. The fourth-order valence-electron chi connectivity index (χ4n) is 4.58. The summed E-state index contributed by atoms with van der Waals surface area (Å²) in [6.45, 7) is 0. The molecule has 2 aliphatic rings. The number of allylic oxidation sites excluding steroid dienone is 1. The number of ketones is 1. The second-order valence-corrected chi connectivity index (χ2v) is 8.34. The Kier molecular flexibility index (Phi) is 5.19. The number of rotatable bonds is 2. The van der Waals surface area contributed by atoms with Crippen LogP contribution in [-0.2, 0) is 11.0 Å². The fourth-order valence-corrected chi connectivity index (χ4v) is 4.58. The number of alkyl halides is 3. The van der Waals surface area contributed by atoms with Gasteiger partial charge < -0.3 is 10.6 Å². The summed E-state index contributed by atoms with van der Waals surface area (Å²) in [5.74, 6) is -1.22. The Labute approximate surface area is 188 Å². The minimum atomic E-state index is -4.43. The Morgan fingerprint density at radius 2 is 1.45 bits per heavy atom. The molecule has 0 radical (unpaired) electrons. The first-order valence-corrected chi connectivity index (χ1v) is 10.6. The van der Waals surface area contributed by atoms with Crippen molar-refractivity contribution >= 4 is 17.2 Å². The van der Waals surface area contributed by atoms with Gasteiger partial charge in [-0.05, 0) is 47.5 Å². The normalized spacial score (nSPS) is 22.2. The van der Waals surface area contributed by atoms with Crippen molar-refractivity contribution in [1.29, 1.82) is 0 Å². The second kappa shape index (κ2) is 8.06. The minimum Gasteiger partial charge on any atom is -0.375 e. The summed E-state index contributed by atoms with van der Waals surface area (Å²) in [7, 11) is 0. The molecule has 0 unspecified atom stereocenters. The average molecular weight is 452 g/mol. The number of hydrogen-bond acceptors (Lipinski definition) is 3. The Morgan fingerprint density at radius 1 is 0.818 bits per heavy atom. The van der Waals surface area contributed by atoms with Gasteiger partial charge in [-0.15, -0.1) is 0 Å². The zero-order valence-electron chi connectivity index (χ0n) is 17.4. The molecule has 0 amide bonds. The van der Waals surface area contributed by atoms with E-state index in [9.17, 15) is 22.4 Å². The molecule has 3 nitrogen and oxygen atoms in total. The van der Waals surface area contributed by atoms with Crippen LogP contribution in [0.2, 0.25) is 0 Å². The molecule has 1 aliphatic heterocycles. The number of nitrogens with one attached hydrogen (secondary N) is 2. The van der Waals surface area contributed by atoms with Crippen LogP contribution < -0.4 is 10.6 Å². The number of carbonyl (C=O) groups is 1. The minimum absolute atomic E-state index is 0.0421. The SMILES string of the molecule is O=C1C[C@H](c2ccc(F)cc2)C=C2Nc3ccccc3N[C@@H](c3ccc(C(F)(F)F)cc3)[C@H]12. The third kappa shape index (κ3) is 4.11. The predicted molar refractivity (Wildman–Crippen MR) is 118 cm³/mol. The Morgan fingerprint density at radius 3 is 2.12 bits per heavy atom. The van der Waals surface area contributed by atoms with Crippen molar-refractivity contribution in [2.75, 3.05) is 10.6 Å². The highest BCUT2D eigenvalue weighted by Gasteiger charge is 2.40. The lowest BCUT2D eigenvalue weighted by atomic mass is 9.76. The molecule has 0 bridgehead atoms. The first kappa shape index (κ1) is 21.2. The van der Waals surface area contributed by atoms with E-state index in [1.54, 1.807) is 12.1 Å². The number of halogens is 4. The summed E-state index contributed by atoms with van der Waals surface area (Å²) in [5, 5.41) is 6.73. The van der Waals surface area contributed by atoms with Crippen LogP contribution in [0.1, 0.15) is 35.1 Å². The van der Waals surface area contributed by atoms with Gasteiger partial charge in [0.2, 0.25) is 0 Å². The number of benzene rings is 3. The second-order valence-electron chi connectivity index (χ2n) is 8.34. The van der Waals surface area contributed by atoms with Gasteiger partial charge in [-0.25, -0.2) is 4.39 Å². The van der Waals surface area contributed by atoms with Gasteiger partial charge in [0.15, 0.2) is 0 Å². The van der Waals surface area contributed by atoms with E-state index in [0.29, 0.717) is 11.3 Å². The van der Waals surface area contributed by atoms with Gasteiger partial charge in [-0.3, -0.25) is 4.79 Å². The Bertz CT molecular complexity index is 1220. The molecule has 168 valence electrons. The van der Waals surface area contributed by atoms with Gasteiger partial charge in [0, 0.05) is 18.0 Å². The van der Waals surface area contributed by atoms with E-state index < -0.39 is 23.7 Å². The van der Waals surface area contributed by atoms with Crippen molar-refractivity contribution in [1.82, 2.24) is 0 Å². The molecular formula is C26H20F4N2O. The summed E-state index contributed by atoms with van der Waals surface area (Å²) in [4.78, 5) is 13.4. The number of anilines is 2. The van der Waals surface area contributed by atoms with Crippen LogP contribution in [0.15, 0.2) is 84.6 Å². The highest BCUT2D eigenvalue weighted by molar-refractivity contribution is 5.90. The summed E-state index contributed by atoms with van der Waals surface area (Å²) in [6, 6.07) is 17.9. The number of fused-ring (bicyclic) bond motifs is 2. The molecule has 3 aromatic rings. The molecule has 2 N–H and O–H groups in total. The zero-order valence-corrected chi connectivity index (χ0v) is 17.4. The van der Waals surface area contributed by atoms with E-state index in [4.69, 9.17) is 0 Å². The molecule has 3 aromatic carbocycles. The Balaban J connectivity index is 1.58. The summed E-state index contributed by atoms with van der Waals surface area (Å²) in [6.07, 6.45) is -2.24. The van der Waals surface area contributed by atoms with Gasteiger partial charge in [-0.1, -0.05) is 42.5 Å². The molecular weight excluding hydrogens is 432 g/mol. The molecule has 33 heavy (non-hydrogen) atoms. The number of hydrogen-bond donors (Lipinski definition) is 2. The van der Waals surface area contributed by atoms with E-state index >= 15 is 0 Å². The molecule has 1 aliphatic carbocycles. The monoisotopic (exact) mass is 452 g/mol. The van der Waals surface area contributed by atoms with E-state index in [-0.39, 0.29) is 23.9 Å². The largest absolute Gasteiger partial charge is 0.416 e. The molecule has 0 aromatic heterocycles. The van der Waals surface area contributed by atoms with Crippen LogP contribution in [0.4, 0.5) is 28.9 Å². The molecule has 0 fully saturated rings. The van der Waals surface area contributed by atoms with E-state index in [2.05, 4.69) is 10.6 Å². The smallest absolute Gasteiger partial charge is 0.375 e. The first-order valence-electron chi connectivity index (χ1n) is 10.6. The maximum atomic E-state index is 13.4. The highest BCUT2D eigenvalue weighted by Crippen LogP contribution is 2.44. The van der Waals surface area contributed by atoms with Crippen molar-refractivity contribution in [3.05, 3.63) is 107 Å². The van der Waals surface area contributed by atoms with Gasteiger partial charge in [0.05, 0.1) is 28.9 Å². The van der Waals surface area contributed by atoms with Crippen molar-refractivity contribution in [2.45, 2.75) is 24.6 Å². The fraction of sp³-hybridized carbons (Fsp3) is 0.192. The molecule has 1 heterocycles. The third-order valence-corrected chi connectivity index (χ3v) is 6.23. The highest BCUT2D eigenvalue weighted by atomic mass is 19.4. The van der Waals surface area contributed by atoms with Crippen LogP contribution >= 0.6 is 0 Å². The van der Waals surface area contributed by atoms with Crippen LogP contribution in [0, 0.1) is 11.7 Å². The molecule has 7 heteroatoms. The van der Waals surface area contributed by atoms with Crippen molar-refractivity contribution in [3.63, 3.8) is 0 Å². The lowest BCUT2D eigenvalue weighted by Gasteiger charge is -2.32. The number of para-hydroxylation sites is 2. The van der Waals surface area contributed by atoms with Crippen molar-refractivity contribution in [3.8, 4) is 0 Å². The predicted octanol–water partition coefficient (Wildman–Crippen LogP) is 6.68. The Hall–Kier alpha value is -3.61. The lowest BCUT2D eigenvalue weighted by Crippen LogP contribution is -2.33. The topological polar surface area (TPSA) is 41.1 Å². The summed E-state index contributed by atoms with van der Waals surface area (Å²) >= 11 is 0. The van der Waals surface area contributed by atoms with Gasteiger partial charge in [0.25, 0.3) is 0 Å². The van der Waals surface area contributed by atoms with Crippen LogP contribution in [0.5, 0.6) is 0 Å². The summed E-state index contributed by atoms with van der Waals surface area (Å²) < 4.78 is 52.6. The molecule has 0 saturated heterocycles. The maximum absolute atomic E-state index is 13.4. The zero-order chi connectivity index (χ0) is 23.2. The molecule has 5 rings (SSSR count). The van der Waals surface area contributed by atoms with Crippen LogP contribution in [0.25, 0.3) is 0 Å². The first-order chi connectivity index (χ1) is 15.8. The third-order valence-electron chi connectivity index (χ3n) is 6.23. The average Bonchev–Trinajstić information content (AvgIpc) is 2.96. The van der Waals surface area contributed by atoms with E-state index in [0.717, 1.165) is 29.1 Å². The van der Waals surface area contributed by atoms with Crippen LogP contribution in [0.3, 0.4) is 0 Å². The number of carbonyl (C=O) groups excluding carboxylic acids is 1. The van der Waals surface area contributed by atoms with Crippen LogP contribution in [-0.4, -0.2) is 5.78 Å². The van der Waals surface area contributed by atoms with Gasteiger partial charge in [-0.2, -0.15) is 13.2 Å². The van der Waals surface area contributed by atoms with E-state index in [1.807, 2.05) is 30.3 Å². The molecule has 3 atom stereocenters. The summed E-state index contributed by atoms with van der Waals surface area (Å²) in [5.41, 5.74) is 2.89. The number of Topliss-reactive ketones (excluding diaryl/α,β-unsaturated/α-hetero) is 1. The van der Waals surface area contributed by atoms with Crippen molar-refractivity contribution < 1.29 is 22.4 Å². The van der Waals surface area contributed by atoms with Gasteiger partial charge in [0.1, 0.15) is 11.6 Å². The molecule has 0 saturated carbocycles. The molecule has 0 spiro atoms.